The van der Waals surface area contributed by atoms with Crippen molar-refractivity contribution in [1.82, 2.24) is 5.32 Å². The van der Waals surface area contributed by atoms with Crippen LogP contribution in [0.4, 0.5) is 0 Å². The van der Waals surface area contributed by atoms with Crippen molar-refractivity contribution in [2.24, 2.45) is 0 Å². The predicted molar refractivity (Wildman–Crippen MR) is 325 cm³/mol. The number of hydrogen-bond donors (Lipinski definition) is 1. The summed E-state index contributed by atoms with van der Waals surface area (Å²) in [5, 5.41) is 3.00. The van der Waals surface area contributed by atoms with Crippen LogP contribution in [0.1, 0.15) is 258 Å². The first kappa shape index (κ1) is 72.9. The zero-order valence-corrected chi connectivity index (χ0v) is 50.8. The van der Waals surface area contributed by atoms with Crippen LogP contribution < -0.4 is 10.2 Å². The highest BCUT2D eigenvalue weighted by atomic mass is 31.2. The molecule has 0 rings (SSSR count). The van der Waals surface area contributed by atoms with Crippen LogP contribution in [-0.4, -0.2) is 69.4 Å². The lowest BCUT2D eigenvalue weighted by atomic mass is 10.0. The topological polar surface area (TPSA) is 114 Å². The van der Waals surface area contributed by atoms with Crippen LogP contribution in [0.25, 0.3) is 0 Å². The molecule has 0 heterocycles. The second-order valence-electron chi connectivity index (χ2n) is 21.8. The summed E-state index contributed by atoms with van der Waals surface area (Å²) in [6.45, 7) is 6.66. The van der Waals surface area contributed by atoms with Gasteiger partial charge in [0.15, 0.2) is 0 Å². The summed E-state index contributed by atoms with van der Waals surface area (Å²) in [6.07, 6.45) is 73.8. The van der Waals surface area contributed by atoms with Crippen LogP contribution in [0.15, 0.2) is 97.2 Å². The fourth-order valence-corrected chi connectivity index (χ4v) is 9.18. The van der Waals surface area contributed by atoms with Crippen molar-refractivity contribution in [3.63, 3.8) is 0 Å². The Bertz CT molecular complexity index is 1620. The van der Waals surface area contributed by atoms with Crippen molar-refractivity contribution < 1.29 is 37.3 Å². The van der Waals surface area contributed by atoms with Gasteiger partial charge in [0.25, 0.3) is 7.82 Å². The van der Waals surface area contributed by atoms with Gasteiger partial charge in [0.2, 0.25) is 5.91 Å². The van der Waals surface area contributed by atoms with Crippen molar-refractivity contribution in [1.29, 1.82) is 0 Å². The monoisotopic (exact) mass is 1080 g/mol. The molecule has 0 aliphatic carbocycles. The maximum Gasteiger partial charge on any atom is 0.306 e. The van der Waals surface area contributed by atoms with Crippen LogP contribution in [0.3, 0.4) is 0 Å². The minimum absolute atomic E-state index is 0.0337. The number of rotatable bonds is 55. The third-order valence-electron chi connectivity index (χ3n) is 13.2. The van der Waals surface area contributed by atoms with E-state index in [-0.39, 0.29) is 31.3 Å². The van der Waals surface area contributed by atoms with Crippen LogP contribution in [0, 0.1) is 0 Å². The van der Waals surface area contributed by atoms with Crippen LogP contribution >= 0.6 is 7.82 Å². The van der Waals surface area contributed by atoms with Crippen molar-refractivity contribution in [2.45, 2.75) is 270 Å². The Morgan fingerprint density at radius 3 is 1.30 bits per heavy atom. The molecule has 3 unspecified atom stereocenters. The Kier molecular flexibility index (Phi) is 53.0. The Morgan fingerprint density at radius 2 is 0.842 bits per heavy atom. The molecular weight excluding hydrogens is 964 g/mol. The maximum absolute atomic E-state index is 13.5. The summed E-state index contributed by atoms with van der Waals surface area (Å²) in [5.41, 5.74) is 0. The van der Waals surface area contributed by atoms with Crippen molar-refractivity contribution in [3.05, 3.63) is 97.2 Å². The predicted octanol–water partition coefficient (Wildman–Crippen LogP) is 18.5. The number of carbonyl (C=O) groups excluding carboxylic acids is 2. The summed E-state index contributed by atoms with van der Waals surface area (Å²) >= 11 is 0. The molecule has 438 valence electrons. The number of ether oxygens (including phenoxy) is 1. The largest absolute Gasteiger partial charge is 0.756 e. The summed E-state index contributed by atoms with van der Waals surface area (Å²) in [7, 11) is 1.15. The minimum atomic E-state index is -4.71. The molecule has 0 radical (unpaired) electrons. The van der Waals surface area contributed by atoms with Crippen LogP contribution in [-0.2, 0) is 27.9 Å². The first-order valence-electron chi connectivity index (χ1n) is 31.0. The first-order valence-corrected chi connectivity index (χ1v) is 32.5. The Morgan fingerprint density at radius 1 is 0.474 bits per heavy atom. The van der Waals surface area contributed by atoms with Gasteiger partial charge in [-0.2, -0.15) is 0 Å². The van der Waals surface area contributed by atoms with E-state index >= 15 is 0 Å². The minimum Gasteiger partial charge on any atom is -0.756 e. The molecule has 1 N–H and O–H groups in total. The molecule has 3 atom stereocenters. The second kappa shape index (κ2) is 55.3. The van der Waals surface area contributed by atoms with E-state index in [0.29, 0.717) is 17.4 Å². The molecule has 0 aliphatic heterocycles. The molecule has 0 aromatic carbocycles. The molecule has 1 amide bonds. The average molecular weight is 1080 g/mol. The van der Waals surface area contributed by atoms with Gasteiger partial charge >= 0.3 is 5.97 Å². The molecule has 0 aromatic heterocycles. The van der Waals surface area contributed by atoms with E-state index in [9.17, 15) is 19.0 Å². The van der Waals surface area contributed by atoms with E-state index in [0.717, 1.165) is 109 Å². The van der Waals surface area contributed by atoms with Crippen LogP contribution in [0.2, 0.25) is 0 Å². The lowest BCUT2D eigenvalue weighted by Gasteiger charge is -2.30. The van der Waals surface area contributed by atoms with E-state index in [1.54, 1.807) is 0 Å². The third-order valence-corrected chi connectivity index (χ3v) is 14.2. The zero-order valence-electron chi connectivity index (χ0n) is 49.9. The number of likely N-dealkylation sites (N-methyl/N-ethyl adjacent to an activating group) is 1. The van der Waals surface area contributed by atoms with Crippen molar-refractivity contribution >= 4 is 19.7 Å². The highest BCUT2D eigenvalue weighted by molar-refractivity contribution is 7.45. The normalized spacial score (nSPS) is 14.4. The quantitative estimate of drug-likeness (QED) is 0.0212. The molecular formula is C66H117N2O7P. The molecule has 0 aliphatic rings. The van der Waals surface area contributed by atoms with Gasteiger partial charge in [-0.25, -0.2) is 0 Å². The number of phosphoric acid groups is 1. The number of carbonyl (C=O) groups is 2. The fraction of sp³-hybridized carbons (Fsp3) is 0.727. The van der Waals surface area contributed by atoms with Gasteiger partial charge in [0, 0.05) is 12.8 Å². The molecule has 0 aromatic rings. The van der Waals surface area contributed by atoms with E-state index in [2.05, 4.69) is 111 Å². The number of hydrogen-bond acceptors (Lipinski definition) is 7. The standard InChI is InChI=1S/C66H117N2O7P/c1-7-10-13-16-19-22-25-27-29-31-32-33-34-35-36-37-39-41-44-47-50-53-56-59-66(70)75-64(57-54-51-48-45-42-24-21-18-15-12-9-3)63(62-74-76(71,72)73-61-60-68(4,5)6)67-65(69)58-55-52-49-46-43-40-38-30-28-26-23-20-17-14-11-8-2/h11,14,19-20,22-23,27-30,32-33,40,43,54,57,63-64H,7-10,12-13,15-18,21,24-26,31,34-39,41-42,44-53,55-56,58-62H2,1-6H3,(H-,67,69,71,72)/b14-11+,22-19-,23-20+,29-27-,30-28+,33-32-,43-40+,57-54-. The van der Waals surface area contributed by atoms with E-state index in [4.69, 9.17) is 13.8 Å². The van der Waals surface area contributed by atoms with Gasteiger partial charge in [-0.15, -0.1) is 0 Å². The summed E-state index contributed by atoms with van der Waals surface area (Å²) in [5.74, 6) is -0.586. The third kappa shape index (κ3) is 55.7. The summed E-state index contributed by atoms with van der Waals surface area (Å²) in [4.78, 5) is 39.9. The Hall–Kier alpha value is -3.07. The number of unbranched alkanes of at least 4 members (excludes halogenated alkanes) is 25. The number of esters is 1. The number of allylic oxidation sites excluding steroid dienone is 15. The average Bonchev–Trinajstić information content (AvgIpc) is 3.38. The smallest absolute Gasteiger partial charge is 0.306 e. The molecule has 0 saturated heterocycles. The number of quaternary nitrogens is 1. The lowest BCUT2D eigenvalue weighted by Crippen LogP contribution is -2.47. The second-order valence-corrected chi connectivity index (χ2v) is 23.2. The number of nitrogens with zero attached hydrogens (tertiary/aromatic N) is 1. The van der Waals surface area contributed by atoms with E-state index < -0.39 is 26.6 Å². The molecule has 9 nitrogen and oxygen atoms in total. The summed E-state index contributed by atoms with van der Waals surface area (Å²) < 4.78 is 30.3. The van der Waals surface area contributed by atoms with Gasteiger partial charge in [0.05, 0.1) is 33.8 Å². The van der Waals surface area contributed by atoms with Gasteiger partial charge in [-0.1, -0.05) is 234 Å². The van der Waals surface area contributed by atoms with E-state index in [1.807, 2.05) is 33.3 Å². The summed E-state index contributed by atoms with van der Waals surface area (Å²) in [6, 6.07) is -0.911. The highest BCUT2D eigenvalue weighted by Gasteiger charge is 2.27. The number of amides is 1. The molecule has 0 bridgehead atoms. The lowest BCUT2D eigenvalue weighted by molar-refractivity contribution is -0.870. The number of nitrogens with one attached hydrogen (secondary N) is 1. The fourth-order valence-electron chi connectivity index (χ4n) is 8.46. The van der Waals surface area contributed by atoms with E-state index in [1.165, 1.54) is 109 Å². The first-order chi connectivity index (χ1) is 36.9. The van der Waals surface area contributed by atoms with Gasteiger partial charge in [-0.05, 0) is 109 Å². The van der Waals surface area contributed by atoms with Gasteiger partial charge in [-0.3, -0.25) is 14.2 Å². The molecule has 76 heavy (non-hydrogen) atoms. The molecule has 0 spiro atoms. The molecule has 0 fully saturated rings. The molecule has 0 saturated carbocycles. The van der Waals surface area contributed by atoms with Crippen molar-refractivity contribution in [3.8, 4) is 0 Å². The molecule has 10 heteroatoms. The number of phosphoric ester groups is 1. The van der Waals surface area contributed by atoms with Crippen molar-refractivity contribution in [2.75, 3.05) is 40.9 Å². The SMILES string of the molecule is CC/C=C/C/C=C/C/C=C/C/C=C/CCCCCC(=O)NC(COP(=O)([O-])OCC[N+](C)(C)C)C(/C=C\CCCCCCCCCCC)OC(=O)CCCCCCCCCCCC/C=C\C/C=C\C/C=C\CCCCC. The van der Waals surface area contributed by atoms with Gasteiger partial charge in [0.1, 0.15) is 19.3 Å². The zero-order chi connectivity index (χ0) is 55.7. The van der Waals surface area contributed by atoms with Crippen LogP contribution in [0.5, 0.6) is 0 Å². The Labute approximate surface area is 468 Å². The Balaban J connectivity index is 5.22. The maximum atomic E-state index is 13.5. The highest BCUT2D eigenvalue weighted by Crippen LogP contribution is 2.38. The van der Waals surface area contributed by atoms with Gasteiger partial charge < -0.3 is 28.5 Å².